The predicted octanol–water partition coefficient (Wildman–Crippen LogP) is -2.29. The van der Waals surface area contributed by atoms with Crippen LogP contribution in [0.25, 0.3) is 0 Å². The molecule has 0 rings (SSSR count). The Hall–Kier alpha value is 1.01. The zero-order valence-corrected chi connectivity index (χ0v) is 6.55. The summed E-state index contributed by atoms with van der Waals surface area (Å²) in [7, 11) is 0. The molecule has 1 radical (unpaired) electrons. The summed E-state index contributed by atoms with van der Waals surface area (Å²) in [6.07, 6.45) is 0. The molecule has 0 aromatic heterocycles. The van der Waals surface area contributed by atoms with E-state index in [9.17, 15) is 4.79 Å². The molecular weight excluding hydrogens is 152 g/mol. The van der Waals surface area contributed by atoms with E-state index in [2.05, 4.69) is 0 Å². The Kier molecular flexibility index (Phi) is 24.6. The van der Waals surface area contributed by atoms with Crippen molar-refractivity contribution in [3.05, 3.63) is 0 Å². The Morgan fingerprint density at radius 3 is 1.50 bits per heavy atom. The molecule has 0 aliphatic carbocycles. The average Bonchev–Trinajstić information content (AvgIpc) is 0.811. The van der Waals surface area contributed by atoms with Crippen LogP contribution in [0.15, 0.2) is 0 Å². The van der Waals surface area contributed by atoms with Crippen molar-refractivity contribution in [1.29, 1.82) is 0 Å². The number of hydrogen-bond donors (Lipinski definition) is 0. The zero-order chi connectivity index (χ0) is 3.58. The average molecular weight is 159 g/mol. The van der Waals surface area contributed by atoms with Crippen LogP contribution in [0.1, 0.15) is 15.3 Å². The van der Waals surface area contributed by atoms with Crippen molar-refractivity contribution >= 4 is 5.78 Å². The van der Waals surface area contributed by atoms with Crippen LogP contribution in [0, 0.1) is 0 Å². The van der Waals surface area contributed by atoms with Gasteiger partial charge < -0.3 is 6.22 Å². The summed E-state index contributed by atoms with van der Waals surface area (Å²) < 4.78 is 0. The van der Waals surface area contributed by atoms with Crippen molar-refractivity contribution in [1.82, 2.24) is 0 Å². The molecule has 0 unspecified atom stereocenters. The van der Waals surface area contributed by atoms with Gasteiger partial charge in [0.1, 0.15) is 5.78 Å². The maximum atomic E-state index is 9.44. The Morgan fingerprint density at radius 2 is 1.50 bits per heavy atom. The van der Waals surface area contributed by atoms with Crippen molar-refractivity contribution in [2.24, 2.45) is 0 Å². The largest absolute Gasteiger partial charge is 1.00 e. The second-order valence-electron chi connectivity index (χ2n) is 0.908. The van der Waals surface area contributed by atoms with Gasteiger partial charge in [0.25, 0.3) is 0 Å². The van der Waals surface area contributed by atoms with E-state index in [1.165, 1.54) is 13.8 Å². The molecule has 0 bridgehead atoms. The minimum atomic E-state index is 0. The smallest absolute Gasteiger partial charge is 1.00 e. The van der Waals surface area contributed by atoms with Crippen LogP contribution in [0.3, 0.4) is 0 Å². The monoisotopic (exact) mass is 159 g/mol. The van der Waals surface area contributed by atoms with Crippen LogP contribution in [0.4, 0.5) is 0 Å². The first-order chi connectivity index (χ1) is 1.73. The molecule has 6 heavy (non-hydrogen) atoms. The molecule has 0 aliphatic rings. The van der Waals surface area contributed by atoms with Gasteiger partial charge in [0.15, 0.2) is 0 Å². The second-order valence-corrected chi connectivity index (χ2v) is 0.908. The first-order valence-corrected chi connectivity index (χ1v) is 1.20. The molecule has 0 N–H and O–H groups in total. The van der Waals surface area contributed by atoms with E-state index in [0.717, 1.165) is 0 Å². The molecule has 0 fully saturated rings. The predicted molar refractivity (Wildman–Crippen MR) is 17.5 cm³/mol. The van der Waals surface area contributed by atoms with Gasteiger partial charge in [-0.25, -0.2) is 0 Å². The van der Waals surface area contributed by atoms with Gasteiger partial charge in [-0.05, 0) is 13.8 Å². The van der Waals surface area contributed by atoms with E-state index in [4.69, 9.17) is 0 Å². The van der Waals surface area contributed by atoms with Crippen molar-refractivity contribution in [3.8, 4) is 0 Å². The molecule has 0 amide bonds. The number of carbonyl (C=O) groups excluding carboxylic acids is 1. The summed E-state index contributed by atoms with van der Waals surface area (Å²) in [6, 6.07) is 0. The molecular formula is C3H7LiNbO. The SMILES string of the molecule is CC(C)=O.[H-].[Li+].[Nb]. The molecule has 0 aromatic carbocycles. The fraction of sp³-hybridized carbons (Fsp3) is 0.667. The molecule has 0 aromatic rings. The van der Waals surface area contributed by atoms with Gasteiger partial charge in [-0.15, -0.1) is 0 Å². The molecule has 0 aliphatic heterocycles. The Bertz CT molecular complexity index is 37.9. The van der Waals surface area contributed by atoms with E-state index in [-0.39, 0.29) is 48.5 Å². The maximum absolute atomic E-state index is 9.44. The first-order valence-electron chi connectivity index (χ1n) is 1.20. The molecule has 0 spiro atoms. The van der Waals surface area contributed by atoms with E-state index in [0.29, 0.717) is 0 Å². The molecule has 31 valence electrons. The van der Waals surface area contributed by atoms with E-state index in [1.807, 2.05) is 0 Å². The summed E-state index contributed by atoms with van der Waals surface area (Å²) in [4.78, 5) is 9.44. The van der Waals surface area contributed by atoms with Gasteiger partial charge in [-0.3, -0.25) is 0 Å². The van der Waals surface area contributed by atoms with E-state index < -0.39 is 0 Å². The molecule has 0 heterocycles. The van der Waals surface area contributed by atoms with Crippen LogP contribution < -0.4 is 18.9 Å². The molecule has 0 saturated carbocycles. The van der Waals surface area contributed by atoms with Crippen molar-refractivity contribution in [2.75, 3.05) is 0 Å². The van der Waals surface area contributed by atoms with Crippen molar-refractivity contribution < 1.29 is 47.5 Å². The number of carbonyl (C=O) groups is 1. The topological polar surface area (TPSA) is 17.1 Å². The van der Waals surface area contributed by atoms with E-state index >= 15 is 0 Å². The third-order valence-electron chi connectivity index (χ3n) is 0. The van der Waals surface area contributed by atoms with Gasteiger partial charge in [0.2, 0.25) is 0 Å². The second kappa shape index (κ2) is 9.38. The number of Topliss-reactive ketones (excluding diaryl/α,β-unsaturated/α-hetero) is 1. The van der Waals surface area contributed by atoms with Crippen molar-refractivity contribution in [2.45, 2.75) is 13.8 Å². The van der Waals surface area contributed by atoms with Gasteiger partial charge in [-0.1, -0.05) is 0 Å². The van der Waals surface area contributed by atoms with Crippen molar-refractivity contribution in [3.63, 3.8) is 0 Å². The third-order valence-corrected chi connectivity index (χ3v) is 0. The summed E-state index contributed by atoms with van der Waals surface area (Å²) >= 11 is 0. The van der Waals surface area contributed by atoms with Gasteiger partial charge in [0, 0.05) is 22.4 Å². The number of hydrogen-bond acceptors (Lipinski definition) is 1. The Labute approximate surface area is 67.0 Å². The van der Waals surface area contributed by atoms with Gasteiger partial charge in [0.05, 0.1) is 0 Å². The fourth-order valence-corrected chi connectivity index (χ4v) is 0. The first kappa shape index (κ1) is 15.7. The zero-order valence-electron chi connectivity index (χ0n) is 5.36. The quantitative estimate of drug-likeness (QED) is 0.363. The number of rotatable bonds is 0. The van der Waals surface area contributed by atoms with Crippen LogP contribution in [-0.2, 0) is 27.2 Å². The maximum Gasteiger partial charge on any atom is 1.00 e. The molecule has 1 nitrogen and oxygen atoms in total. The van der Waals surface area contributed by atoms with Crippen LogP contribution in [0.2, 0.25) is 0 Å². The minimum absolute atomic E-state index is 0. The summed E-state index contributed by atoms with van der Waals surface area (Å²) in [6.45, 7) is 3.06. The molecule has 0 atom stereocenters. The normalized spacial score (nSPS) is 4.33. The fourth-order valence-electron chi connectivity index (χ4n) is 0. The van der Waals surface area contributed by atoms with Crippen LogP contribution >= 0.6 is 0 Å². The summed E-state index contributed by atoms with van der Waals surface area (Å²) in [5, 5.41) is 0. The van der Waals surface area contributed by atoms with Crippen LogP contribution in [0.5, 0.6) is 0 Å². The Morgan fingerprint density at radius 1 is 1.50 bits per heavy atom. The molecule has 0 saturated heterocycles. The minimum Gasteiger partial charge on any atom is -1.00 e. The van der Waals surface area contributed by atoms with Gasteiger partial charge >= 0.3 is 18.9 Å². The number of ketones is 1. The summed E-state index contributed by atoms with van der Waals surface area (Å²) in [5.74, 6) is 0.167. The summed E-state index contributed by atoms with van der Waals surface area (Å²) in [5.41, 5.74) is 0. The molecule has 3 heteroatoms. The standard InChI is InChI=1S/C3H6O.Li.Nb.H/c1-3(2)4;;;/h1-2H3;;;/q;+1;;-1. The van der Waals surface area contributed by atoms with Gasteiger partial charge in [-0.2, -0.15) is 0 Å². The third kappa shape index (κ3) is 79.2. The van der Waals surface area contributed by atoms with Crippen LogP contribution in [-0.4, -0.2) is 5.78 Å². The van der Waals surface area contributed by atoms with E-state index in [1.54, 1.807) is 0 Å². The Balaban J connectivity index is -0.0000000150.